The number of hydrogen-bond donors (Lipinski definition) is 2. The summed E-state index contributed by atoms with van der Waals surface area (Å²) in [6, 6.07) is 20.4. The summed E-state index contributed by atoms with van der Waals surface area (Å²) in [6.45, 7) is 0.560. The van der Waals surface area contributed by atoms with Crippen molar-refractivity contribution < 1.29 is 0 Å². The number of aromatic amines is 2. The molecule has 2 aromatic carbocycles. The molecule has 0 unspecified atom stereocenters. The van der Waals surface area contributed by atoms with Crippen LogP contribution in [0, 0.1) is 0 Å². The molecule has 0 fully saturated rings. The second-order valence-corrected chi connectivity index (χ2v) is 6.24. The fourth-order valence-corrected chi connectivity index (χ4v) is 3.23. The predicted octanol–water partition coefficient (Wildman–Crippen LogP) is 3.69. The van der Waals surface area contributed by atoms with Crippen molar-refractivity contribution in [3.8, 4) is 22.3 Å². The molecule has 2 aromatic heterocycles. The van der Waals surface area contributed by atoms with Gasteiger partial charge in [-0.2, -0.15) is 15.3 Å². The summed E-state index contributed by atoms with van der Waals surface area (Å²) >= 11 is 0. The quantitative estimate of drug-likeness (QED) is 0.585. The predicted molar refractivity (Wildman–Crippen MR) is 106 cm³/mol. The number of H-pyrrole nitrogens is 2. The number of nitrogens with zero attached hydrogens (tertiary/aromatic N) is 5. The van der Waals surface area contributed by atoms with Crippen LogP contribution in [0.1, 0.15) is 0 Å². The minimum Gasteiger partial charge on any atom is -0.295 e. The molecule has 0 bridgehead atoms. The van der Waals surface area contributed by atoms with Crippen molar-refractivity contribution in [2.75, 3.05) is 16.6 Å². The molecule has 0 saturated carbocycles. The van der Waals surface area contributed by atoms with Crippen LogP contribution in [-0.2, 0) is 0 Å². The Kier molecular flexibility index (Phi) is 3.68. The van der Waals surface area contributed by atoms with Crippen LogP contribution < -0.4 is 9.91 Å². The number of hydrazone groups is 1. The van der Waals surface area contributed by atoms with Crippen molar-refractivity contribution in [2.24, 2.45) is 5.10 Å². The van der Waals surface area contributed by atoms with Crippen LogP contribution >= 0.6 is 0 Å². The summed E-state index contributed by atoms with van der Waals surface area (Å²) in [5.41, 5.74) is 4.26. The van der Waals surface area contributed by atoms with E-state index in [2.05, 4.69) is 49.8 Å². The summed E-state index contributed by atoms with van der Waals surface area (Å²) < 4.78 is 0. The van der Waals surface area contributed by atoms with Crippen molar-refractivity contribution in [1.82, 2.24) is 20.4 Å². The Bertz CT molecular complexity index is 980. The van der Waals surface area contributed by atoms with E-state index in [4.69, 9.17) is 0 Å². The molecule has 1 aliphatic rings. The summed E-state index contributed by atoms with van der Waals surface area (Å²) in [6.07, 6.45) is 5.47. The highest BCUT2D eigenvalue weighted by molar-refractivity contribution is 5.89. The zero-order valence-electron chi connectivity index (χ0n) is 14.4. The van der Waals surface area contributed by atoms with Crippen molar-refractivity contribution in [3.63, 3.8) is 0 Å². The van der Waals surface area contributed by atoms with Gasteiger partial charge in [-0.1, -0.05) is 60.7 Å². The topological polar surface area (TPSA) is 76.2 Å². The molecule has 3 heterocycles. The lowest BCUT2D eigenvalue weighted by molar-refractivity contribution is 0.870. The van der Waals surface area contributed by atoms with Gasteiger partial charge in [0.1, 0.15) is 18.8 Å². The van der Waals surface area contributed by atoms with E-state index in [1.807, 2.05) is 58.7 Å². The molecule has 0 aliphatic carbocycles. The fourth-order valence-electron chi connectivity index (χ4n) is 3.23. The number of anilines is 2. The van der Waals surface area contributed by atoms with E-state index in [0.717, 1.165) is 33.9 Å². The van der Waals surface area contributed by atoms with Gasteiger partial charge in [0.05, 0.1) is 12.4 Å². The molecular weight excluding hydrogens is 338 g/mol. The minimum atomic E-state index is 0.560. The Labute approximate surface area is 156 Å². The maximum absolute atomic E-state index is 4.55. The number of rotatable bonds is 4. The normalized spacial score (nSPS) is 13.5. The van der Waals surface area contributed by atoms with Crippen LogP contribution in [0.25, 0.3) is 22.3 Å². The van der Waals surface area contributed by atoms with E-state index in [0.29, 0.717) is 6.67 Å². The second-order valence-electron chi connectivity index (χ2n) is 6.24. The monoisotopic (exact) mass is 355 g/mol. The van der Waals surface area contributed by atoms with Gasteiger partial charge >= 0.3 is 0 Å². The van der Waals surface area contributed by atoms with Gasteiger partial charge in [0.25, 0.3) is 0 Å². The Morgan fingerprint density at radius 3 is 1.89 bits per heavy atom. The number of aromatic nitrogens is 4. The van der Waals surface area contributed by atoms with E-state index < -0.39 is 0 Å². The maximum atomic E-state index is 4.55. The van der Waals surface area contributed by atoms with Crippen LogP contribution in [-0.4, -0.2) is 33.4 Å². The summed E-state index contributed by atoms with van der Waals surface area (Å²) in [4.78, 5) is 2.03. The maximum Gasteiger partial charge on any atom is 0.154 e. The summed E-state index contributed by atoms with van der Waals surface area (Å²) in [5, 5.41) is 21.0. The van der Waals surface area contributed by atoms with E-state index >= 15 is 0 Å². The zero-order valence-corrected chi connectivity index (χ0v) is 14.4. The number of benzene rings is 2. The number of nitrogens with one attached hydrogen (secondary N) is 2. The van der Waals surface area contributed by atoms with E-state index in [9.17, 15) is 0 Å². The lowest BCUT2D eigenvalue weighted by Gasteiger charge is -2.18. The minimum absolute atomic E-state index is 0.560. The van der Waals surface area contributed by atoms with E-state index in [1.165, 1.54) is 0 Å². The van der Waals surface area contributed by atoms with Crippen molar-refractivity contribution in [2.45, 2.75) is 0 Å². The average Bonchev–Trinajstić information content (AvgIpc) is 3.48. The molecule has 2 N–H and O–H groups in total. The number of hydrogen-bond acceptors (Lipinski definition) is 5. The van der Waals surface area contributed by atoms with Gasteiger partial charge in [0.15, 0.2) is 5.82 Å². The third kappa shape index (κ3) is 2.75. The highest BCUT2D eigenvalue weighted by Crippen LogP contribution is 2.33. The first-order valence-electron chi connectivity index (χ1n) is 8.66. The van der Waals surface area contributed by atoms with Gasteiger partial charge in [0.2, 0.25) is 0 Å². The molecule has 7 nitrogen and oxygen atoms in total. The lowest BCUT2D eigenvalue weighted by Crippen LogP contribution is -2.27. The first kappa shape index (κ1) is 15.4. The van der Waals surface area contributed by atoms with Crippen LogP contribution in [0.2, 0.25) is 0 Å². The SMILES string of the molecule is C1=NN(c2[nH]ncc2-c2ccccc2)CN1c1[nH]ncc1-c1ccccc1. The zero-order chi connectivity index (χ0) is 18.1. The third-order valence-electron chi connectivity index (χ3n) is 4.57. The Morgan fingerprint density at radius 1 is 0.704 bits per heavy atom. The van der Waals surface area contributed by atoms with Crippen molar-refractivity contribution in [3.05, 3.63) is 73.1 Å². The summed E-state index contributed by atoms with van der Waals surface area (Å²) in [5.74, 6) is 1.77. The van der Waals surface area contributed by atoms with Gasteiger partial charge in [-0.05, 0) is 11.1 Å². The average molecular weight is 355 g/mol. The molecule has 27 heavy (non-hydrogen) atoms. The molecule has 0 saturated heterocycles. The van der Waals surface area contributed by atoms with E-state index in [-0.39, 0.29) is 0 Å². The van der Waals surface area contributed by atoms with E-state index in [1.54, 1.807) is 6.34 Å². The van der Waals surface area contributed by atoms with Crippen molar-refractivity contribution >= 4 is 18.0 Å². The van der Waals surface area contributed by atoms with Crippen molar-refractivity contribution in [1.29, 1.82) is 0 Å². The van der Waals surface area contributed by atoms with Crippen LogP contribution in [0.15, 0.2) is 78.2 Å². The molecule has 5 rings (SSSR count). The first-order chi connectivity index (χ1) is 13.4. The van der Waals surface area contributed by atoms with Gasteiger partial charge < -0.3 is 0 Å². The molecule has 0 spiro atoms. The standard InChI is InChI=1S/C20H17N7/c1-3-7-15(8-4-1)17-11-21-24-19(17)26-13-23-27(14-26)20-18(12-22-25-20)16-9-5-2-6-10-16/h1-13H,14H2,(H,21,24)(H,22,25). The highest BCUT2D eigenvalue weighted by atomic mass is 15.6. The van der Waals surface area contributed by atoms with Gasteiger partial charge in [-0.3, -0.25) is 15.1 Å². The summed E-state index contributed by atoms with van der Waals surface area (Å²) in [7, 11) is 0. The molecule has 132 valence electrons. The molecule has 0 radical (unpaired) electrons. The molecule has 4 aromatic rings. The molecular formula is C20H17N7. The third-order valence-corrected chi connectivity index (χ3v) is 4.57. The largest absolute Gasteiger partial charge is 0.295 e. The smallest absolute Gasteiger partial charge is 0.154 e. The Hall–Kier alpha value is -3.87. The van der Waals surface area contributed by atoms with Crippen LogP contribution in [0.3, 0.4) is 0 Å². The lowest BCUT2D eigenvalue weighted by atomic mass is 10.1. The van der Waals surface area contributed by atoms with Gasteiger partial charge in [-0.25, -0.2) is 5.01 Å². The molecule has 1 aliphatic heterocycles. The van der Waals surface area contributed by atoms with Gasteiger partial charge in [-0.15, -0.1) is 0 Å². The first-order valence-corrected chi connectivity index (χ1v) is 8.66. The molecule has 0 amide bonds. The highest BCUT2D eigenvalue weighted by Gasteiger charge is 2.24. The second kappa shape index (κ2) is 6.45. The van der Waals surface area contributed by atoms with Crippen LogP contribution in [0.5, 0.6) is 0 Å². The molecule has 7 heteroatoms. The fraction of sp³-hybridized carbons (Fsp3) is 0.0500. The Balaban J connectivity index is 1.43. The Morgan fingerprint density at radius 2 is 1.26 bits per heavy atom. The molecule has 0 atom stereocenters. The van der Waals surface area contributed by atoms with Gasteiger partial charge in [0, 0.05) is 11.1 Å². The van der Waals surface area contributed by atoms with Crippen LogP contribution in [0.4, 0.5) is 11.6 Å².